The van der Waals surface area contributed by atoms with Crippen LogP contribution in [0.5, 0.6) is 5.75 Å². The van der Waals surface area contributed by atoms with Gasteiger partial charge in [0.15, 0.2) is 0 Å². The first kappa shape index (κ1) is 28.9. The summed E-state index contributed by atoms with van der Waals surface area (Å²) in [5.41, 5.74) is 6.89. The van der Waals surface area contributed by atoms with Crippen molar-refractivity contribution in [1.82, 2.24) is 9.72 Å². The summed E-state index contributed by atoms with van der Waals surface area (Å²) in [5, 5.41) is 18.2. The van der Waals surface area contributed by atoms with Crippen LogP contribution >= 0.6 is 0 Å². The van der Waals surface area contributed by atoms with E-state index >= 15 is 0 Å². The standard InChI is InChI=1S/C24H20N2O.C8H10AsNO5/c1-16-24(17(2)27-25-16)19-12-13-21-20-10-6-7-11-22(20)26(23(21)14-19)15-18-8-4-3-5-9-18;1-5(11)10-6-3-2-4-7(12)8(6)9(13,14)15/h3-14H,15H2,1-2H3;2-4,12H,1H3,(H,10,11)(H2,13,14,15). The van der Waals surface area contributed by atoms with Gasteiger partial charge in [-0.3, -0.25) is 0 Å². The zero-order valence-electron chi connectivity index (χ0n) is 23.3. The summed E-state index contributed by atoms with van der Waals surface area (Å²) in [7, 11) is 0. The molecule has 4 aromatic carbocycles. The predicted octanol–water partition coefficient (Wildman–Crippen LogP) is 5.03. The number of anilines is 1. The molecule has 2 heterocycles. The molecule has 42 heavy (non-hydrogen) atoms. The summed E-state index contributed by atoms with van der Waals surface area (Å²) in [5.74, 6) is -0.128. The maximum absolute atomic E-state index is 11.1. The number of carbonyl (C=O) groups is 1. The second kappa shape index (κ2) is 11.7. The van der Waals surface area contributed by atoms with E-state index < -0.39 is 30.2 Å². The number of nitrogens with one attached hydrogen (secondary N) is 1. The fraction of sp³-hybridized carbons (Fsp3) is 0.125. The minimum atomic E-state index is -5.25. The van der Waals surface area contributed by atoms with E-state index in [4.69, 9.17) is 12.7 Å². The summed E-state index contributed by atoms with van der Waals surface area (Å²) < 4.78 is 36.4. The van der Waals surface area contributed by atoms with Crippen molar-refractivity contribution in [2.75, 3.05) is 5.32 Å². The molecule has 10 heteroatoms. The van der Waals surface area contributed by atoms with Gasteiger partial charge >= 0.3 is 88.1 Å². The van der Waals surface area contributed by atoms with Crippen LogP contribution in [0.3, 0.4) is 0 Å². The maximum Gasteiger partial charge on any atom is 0.141 e. The van der Waals surface area contributed by atoms with E-state index in [1.54, 1.807) is 0 Å². The van der Waals surface area contributed by atoms with Crippen LogP contribution in [-0.2, 0) is 15.1 Å². The molecule has 1 amide bonds. The molecule has 2 aromatic heterocycles. The van der Waals surface area contributed by atoms with Crippen molar-refractivity contribution < 1.29 is 26.4 Å². The van der Waals surface area contributed by atoms with Crippen molar-refractivity contribution in [3.05, 3.63) is 108 Å². The molecule has 0 aliphatic heterocycles. The number of aromatic nitrogens is 2. The molecule has 0 saturated carbocycles. The average molecular weight is 628 g/mol. The van der Waals surface area contributed by atoms with Gasteiger partial charge in [-0.05, 0) is 37.1 Å². The van der Waals surface area contributed by atoms with Crippen LogP contribution in [0.1, 0.15) is 23.9 Å². The molecule has 6 rings (SSSR count). The predicted molar refractivity (Wildman–Crippen MR) is 163 cm³/mol. The van der Waals surface area contributed by atoms with Gasteiger partial charge in [-0.2, -0.15) is 0 Å². The van der Waals surface area contributed by atoms with Gasteiger partial charge in [-0.25, -0.2) is 0 Å². The number of phenols is 1. The van der Waals surface area contributed by atoms with Crippen LogP contribution in [-0.4, -0.2) is 43.1 Å². The zero-order chi connectivity index (χ0) is 30.0. The van der Waals surface area contributed by atoms with E-state index in [0.717, 1.165) is 35.2 Å². The maximum atomic E-state index is 11.1. The minimum Gasteiger partial charge on any atom is -0.361 e. The Morgan fingerprint density at radius 2 is 1.60 bits per heavy atom. The van der Waals surface area contributed by atoms with E-state index in [2.05, 4.69) is 87.8 Å². The Hall–Kier alpha value is -4.56. The number of para-hydroxylation sites is 1. The van der Waals surface area contributed by atoms with Gasteiger partial charge in [0.05, 0.1) is 11.2 Å². The molecule has 0 aliphatic rings. The van der Waals surface area contributed by atoms with Gasteiger partial charge in [-0.1, -0.05) is 65.8 Å². The number of carbonyl (C=O) groups excluding carboxylic acids is 1. The molecule has 0 aliphatic carbocycles. The van der Waals surface area contributed by atoms with Crippen LogP contribution in [0.4, 0.5) is 5.69 Å². The number of amides is 1. The largest absolute Gasteiger partial charge is 0.361 e. The van der Waals surface area contributed by atoms with Crippen molar-refractivity contribution in [1.29, 1.82) is 0 Å². The van der Waals surface area contributed by atoms with Gasteiger partial charge in [0.25, 0.3) is 0 Å². The molecule has 0 spiro atoms. The number of hydrogen-bond donors (Lipinski definition) is 4. The summed E-state index contributed by atoms with van der Waals surface area (Å²) in [6.07, 6.45) is 0. The first-order valence-corrected chi connectivity index (χ1v) is 16.6. The number of benzene rings is 4. The third-order valence-corrected chi connectivity index (χ3v) is 9.10. The Kier molecular flexibility index (Phi) is 8.09. The van der Waals surface area contributed by atoms with Crippen molar-refractivity contribution in [3.8, 4) is 16.9 Å². The molecule has 214 valence electrons. The Morgan fingerprint density at radius 1 is 0.905 bits per heavy atom. The monoisotopic (exact) mass is 627 g/mol. The van der Waals surface area contributed by atoms with E-state index in [-0.39, 0.29) is 5.69 Å². The number of hydrogen-bond acceptors (Lipinski definition) is 5. The summed E-state index contributed by atoms with van der Waals surface area (Å²) in [4.78, 5) is 10.8. The molecule has 9 nitrogen and oxygen atoms in total. The molecule has 0 saturated heterocycles. The molecule has 0 bridgehead atoms. The van der Waals surface area contributed by atoms with Gasteiger partial charge in [-0.15, -0.1) is 0 Å². The molecular formula is C32H30AsN3O6. The second-order valence-corrected chi connectivity index (χ2v) is 13.1. The number of aromatic hydroxyl groups is 1. The minimum absolute atomic E-state index is 0.0602. The van der Waals surface area contributed by atoms with Crippen LogP contribution in [0, 0.1) is 13.8 Å². The topological polar surface area (TPSA) is 138 Å². The van der Waals surface area contributed by atoms with Gasteiger partial charge < -0.3 is 9.09 Å². The van der Waals surface area contributed by atoms with Crippen LogP contribution in [0.15, 0.2) is 95.5 Å². The third-order valence-electron chi connectivity index (χ3n) is 6.90. The zero-order valence-corrected chi connectivity index (χ0v) is 25.2. The molecule has 0 atom stereocenters. The quantitative estimate of drug-likeness (QED) is 0.197. The molecule has 0 radical (unpaired) electrons. The smallest absolute Gasteiger partial charge is 0.141 e. The van der Waals surface area contributed by atoms with Crippen molar-refractivity contribution in [3.63, 3.8) is 0 Å². The number of aryl methyl sites for hydroxylation is 2. The normalized spacial score (nSPS) is 11.4. The van der Waals surface area contributed by atoms with Crippen molar-refractivity contribution >= 4 is 51.9 Å². The molecule has 0 unspecified atom stereocenters. The Labute approximate surface area is 245 Å². The van der Waals surface area contributed by atoms with Gasteiger partial charge in [0.2, 0.25) is 0 Å². The SMILES string of the molecule is CC(=O)Nc1cccc(O)c1[As](=O)(O)O.Cc1noc(C)c1-c1ccc2c3ccccc3n(Cc3ccccc3)c2c1. The van der Waals surface area contributed by atoms with Crippen LogP contribution in [0.25, 0.3) is 32.9 Å². The van der Waals surface area contributed by atoms with Crippen LogP contribution in [0.2, 0.25) is 0 Å². The number of phenolic OH excluding ortho intramolecular Hbond substituents is 1. The Balaban J connectivity index is 0.000000201. The summed E-state index contributed by atoms with van der Waals surface area (Å²) in [6, 6.07) is 29.8. The molecule has 4 N–H and O–H groups in total. The van der Waals surface area contributed by atoms with E-state index in [9.17, 15) is 13.6 Å². The van der Waals surface area contributed by atoms with E-state index in [0.29, 0.717) is 0 Å². The number of fused-ring (bicyclic) bond motifs is 3. The van der Waals surface area contributed by atoms with E-state index in [1.807, 2.05) is 13.8 Å². The first-order valence-electron chi connectivity index (χ1n) is 13.2. The van der Waals surface area contributed by atoms with Gasteiger partial charge in [0, 0.05) is 28.4 Å². The summed E-state index contributed by atoms with van der Waals surface area (Å²) >= 11 is -5.25. The van der Waals surface area contributed by atoms with Gasteiger partial charge in [0.1, 0.15) is 5.76 Å². The Morgan fingerprint density at radius 3 is 2.26 bits per heavy atom. The summed E-state index contributed by atoms with van der Waals surface area (Å²) in [6.45, 7) is 6.02. The fourth-order valence-electron chi connectivity index (χ4n) is 5.16. The molecule has 0 fully saturated rings. The van der Waals surface area contributed by atoms with E-state index in [1.165, 1.54) is 46.4 Å². The fourth-order valence-corrected chi connectivity index (χ4v) is 6.88. The number of rotatable bonds is 5. The first-order chi connectivity index (χ1) is 20.0. The van der Waals surface area contributed by atoms with Crippen molar-refractivity contribution in [2.24, 2.45) is 0 Å². The third kappa shape index (κ3) is 5.89. The Bertz CT molecular complexity index is 1940. The molecular weight excluding hydrogens is 597 g/mol. The second-order valence-electron chi connectivity index (χ2n) is 9.92. The van der Waals surface area contributed by atoms with Crippen molar-refractivity contribution in [2.45, 2.75) is 27.3 Å². The molecule has 6 aromatic rings. The van der Waals surface area contributed by atoms with Crippen LogP contribution < -0.4 is 9.67 Å². The average Bonchev–Trinajstić information content (AvgIpc) is 3.44. The number of nitrogens with zero attached hydrogens (tertiary/aromatic N) is 2.